The predicted molar refractivity (Wildman–Crippen MR) is 106 cm³/mol. The minimum absolute atomic E-state index is 0.00744. The monoisotopic (exact) mass is 451 g/mol. The first kappa shape index (κ1) is 24.4. The minimum Gasteiger partial charge on any atom is -0.393 e. The number of halogens is 3. The Balaban J connectivity index is 2.21. The van der Waals surface area contributed by atoms with Gasteiger partial charge in [0.05, 0.1) is 23.3 Å². The number of hydrogen-bond acceptors (Lipinski definition) is 5. The Labute approximate surface area is 174 Å². The normalized spacial score (nSPS) is 18.7. The third kappa shape index (κ3) is 6.32. The van der Waals surface area contributed by atoms with Crippen molar-refractivity contribution in [3.8, 4) is 0 Å². The fourth-order valence-electron chi connectivity index (χ4n) is 3.30. The molecule has 1 heterocycles. The lowest BCUT2D eigenvalue weighted by Crippen LogP contribution is -2.29. The molecule has 2 unspecified atom stereocenters. The summed E-state index contributed by atoms with van der Waals surface area (Å²) >= 11 is 0. The van der Waals surface area contributed by atoms with E-state index >= 15 is 0 Å². The maximum atomic E-state index is 13.1. The highest BCUT2D eigenvalue weighted by Gasteiger charge is 2.34. The van der Waals surface area contributed by atoms with Gasteiger partial charge in [0.2, 0.25) is 15.9 Å². The van der Waals surface area contributed by atoms with Crippen molar-refractivity contribution in [2.45, 2.75) is 49.8 Å². The van der Waals surface area contributed by atoms with E-state index in [9.17, 15) is 31.5 Å². The van der Waals surface area contributed by atoms with Crippen LogP contribution in [0.25, 0.3) is 0 Å². The van der Waals surface area contributed by atoms with E-state index in [0.29, 0.717) is 25.5 Å². The zero-order valence-electron chi connectivity index (χ0n) is 17.0. The molecule has 1 aromatic carbocycles. The summed E-state index contributed by atoms with van der Waals surface area (Å²) in [5, 5.41) is 12.6. The van der Waals surface area contributed by atoms with Gasteiger partial charge in [-0.05, 0) is 37.5 Å². The van der Waals surface area contributed by atoms with E-state index in [1.807, 2.05) is 6.92 Å². The first-order valence-electron chi connectivity index (χ1n) is 9.83. The molecule has 1 saturated heterocycles. The highest BCUT2D eigenvalue weighted by atomic mass is 32.2. The molecule has 170 valence electrons. The molecule has 0 saturated carbocycles. The number of alkyl halides is 3. The van der Waals surface area contributed by atoms with Crippen molar-refractivity contribution in [2.75, 3.05) is 32.0 Å². The van der Waals surface area contributed by atoms with Crippen molar-refractivity contribution in [3.63, 3.8) is 0 Å². The Morgan fingerprint density at radius 2 is 2.00 bits per heavy atom. The molecular formula is C19H28F3N3O4S. The van der Waals surface area contributed by atoms with Gasteiger partial charge in [-0.1, -0.05) is 13.3 Å². The molecule has 11 heteroatoms. The number of aliphatic hydroxyl groups excluding tert-OH is 1. The summed E-state index contributed by atoms with van der Waals surface area (Å²) in [6, 6.07) is 2.44. The number of nitrogens with one attached hydrogen (secondary N) is 2. The van der Waals surface area contributed by atoms with E-state index in [-0.39, 0.29) is 37.0 Å². The molecule has 0 spiro atoms. The SMILES string of the molecule is CCCC(O)CCNS(=O)(=O)c1cc(C(F)(F)F)ccc1NCC1CCN(C)C1=O. The zero-order valence-corrected chi connectivity index (χ0v) is 17.8. The van der Waals surface area contributed by atoms with Gasteiger partial charge in [0.15, 0.2) is 0 Å². The van der Waals surface area contributed by atoms with Crippen LogP contribution in [0.1, 0.15) is 38.2 Å². The molecule has 2 rings (SSSR count). The molecule has 3 N–H and O–H groups in total. The summed E-state index contributed by atoms with van der Waals surface area (Å²) < 4.78 is 67.1. The van der Waals surface area contributed by atoms with Crippen molar-refractivity contribution in [1.29, 1.82) is 0 Å². The van der Waals surface area contributed by atoms with E-state index in [0.717, 1.165) is 18.6 Å². The third-order valence-electron chi connectivity index (χ3n) is 5.07. The third-order valence-corrected chi connectivity index (χ3v) is 6.57. The van der Waals surface area contributed by atoms with E-state index in [1.54, 1.807) is 11.9 Å². The van der Waals surface area contributed by atoms with Gasteiger partial charge in [-0.3, -0.25) is 4.79 Å². The predicted octanol–water partition coefficient (Wildman–Crippen LogP) is 2.43. The Morgan fingerprint density at radius 1 is 1.30 bits per heavy atom. The highest BCUT2D eigenvalue weighted by Crippen LogP contribution is 2.34. The fourth-order valence-corrected chi connectivity index (χ4v) is 4.55. The van der Waals surface area contributed by atoms with Crippen molar-refractivity contribution < 1.29 is 31.5 Å². The molecule has 1 fully saturated rings. The quantitative estimate of drug-likeness (QED) is 0.508. The van der Waals surface area contributed by atoms with Crippen molar-refractivity contribution in [1.82, 2.24) is 9.62 Å². The molecule has 1 aliphatic rings. The molecule has 0 aliphatic carbocycles. The van der Waals surface area contributed by atoms with Gasteiger partial charge in [0, 0.05) is 26.7 Å². The first-order chi connectivity index (χ1) is 14.0. The maximum Gasteiger partial charge on any atom is 0.416 e. The van der Waals surface area contributed by atoms with Crippen LogP contribution in [-0.2, 0) is 21.0 Å². The van der Waals surface area contributed by atoms with Crippen LogP contribution < -0.4 is 10.0 Å². The second kappa shape index (κ2) is 9.97. The molecule has 1 amide bonds. The van der Waals surface area contributed by atoms with Gasteiger partial charge in [0.25, 0.3) is 0 Å². The number of carbonyl (C=O) groups is 1. The van der Waals surface area contributed by atoms with E-state index < -0.39 is 32.8 Å². The summed E-state index contributed by atoms with van der Waals surface area (Å²) in [4.78, 5) is 13.1. The minimum atomic E-state index is -4.70. The van der Waals surface area contributed by atoms with Crippen LogP contribution in [0.3, 0.4) is 0 Å². The van der Waals surface area contributed by atoms with Crippen molar-refractivity contribution in [2.24, 2.45) is 5.92 Å². The maximum absolute atomic E-state index is 13.1. The smallest absolute Gasteiger partial charge is 0.393 e. The molecule has 0 radical (unpaired) electrons. The van der Waals surface area contributed by atoms with Gasteiger partial charge in [-0.15, -0.1) is 0 Å². The number of amides is 1. The van der Waals surface area contributed by atoms with Gasteiger partial charge in [0.1, 0.15) is 4.90 Å². The Kier molecular flexibility index (Phi) is 8.12. The standard InChI is InChI=1S/C19H28F3N3O4S/c1-3-4-15(26)7-9-24-30(28,29)17-11-14(19(20,21)22)5-6-16(17)23-12-13-8-10-25(2)18(13)27/h5-6,11,13,15,23-24,26H,3-4,7-10,12H2,1-2H3. The van der Waals surface area contributed by atoms with E-state index in [1.165, 1.54) is 0 Å². The number of carbonyl (C=O) groups excluding carboxylic acids is 1. The molecule has 0 aromatic heterocycles. The number of nitrogens with zero attached hydrogens (tertiary/aromatic N) is 1. The molecular weight excluding hydrogens is 423 g/mol. The average molecular weight is 452 g/mol. The van der Waals surface area contributed by atoms with Crippen molar-refractivity contribution >= 4 is 21.6 Å². The Morgan fingerprint density at radius 3 is 2.57 bits per heavy atom. The fraction of sp³-hybridized carbons (Fsp3) is 0.632. The van der Waals surface area contributed by atoms with Crippen LogP contribution in [0.4, 0.5) is 18.9 Å². The second-order valence-corrected chi connectivity index (χ2v) is 9.20. The number of anilines is 1. The summed E-state index contributed by atoms with van der Waals surface area (Å²) in [6.45, 7) is 2.46. The van der Waals surface area contributed by atoms with Crippen LogP contribution in [0.5, 0.6) is 0 Å². The van der Waals surface area contributed by atoms with Crippen LogP contribution >= 0.6 is 0 Å². The number of hydrogen-bond donors (Lipinski definition) is 3. The average Bonchev–Trinajstić information content (AvgIpc) is 2.97. The van der Waals surface area contributed by atoms with Crippen LogP contribution in [0, 0.1) is 5.92 Å². The molecule has 2 atom stereocenters. The summed E-state index contributed by atoms with van der Waals surface area (Å²) in [7, 11) is -2.61. The number of aliphatic hydroxyl groups is 1. The Bertz CT molecular complexity index is 846. The van der Waals surface area contributed by atoms with Crippen LogP contribution in [0.2, 0.25) is 0 Å². The molecule has 30 heavy (non-hydrogen) atoms. The van der Waals surface area contributed by atoms with Crippen LogP contribution in [0.15, 0.2) is 23.1 Å². The van der Waals surface area contributed by atoms with Gasteiger partial charge < -0.3 is 15.3 Å². The lowest BCUT2D eigenvalue weighted by Gasteiger charge is -2.18. The van der Waals surface area contributed by atoms with Gasteiger partial charge in [-0.2, -0.15) is 13.2 Å². The molecule has 1 aliphatic heterocycles. The lowest BCUT2D eigenvalue weighted by molar-refractivity contribution is -0.137. The van der Waals surface area contributed by atoms with E-state index in [4.69, 9.17) is 0 Å². The highest BCUT2D eigenvalue weighted by molar-refractivity contribution is 7.89. The number of benzene rings is 1. The van der Waals surface area contributed by atoms with Gasteiger partial charge in [-0.25, -0.2) is 13.1 Å². The molecule has 7 nitrogen and oxygen atoms in total. The number of likely N-dealkylation sites (tertiary alicyclic amines) is 1. The molecule has 0 bridgehead atoms. The van der Waals surface area contributed by atoms with E-state index in [2.05, 4.69) is 10.0 Å². The van der Waals surface area contributed by atoms with Crippen molar-refractivity contribution in [3.05, 3.63) is 23.8 Å². The van der Waals surface area contributed by atoms with Crippen LogP contribution in [-0.4, -0.2) is 57.1 Å². The number of rotatable bonds is 10. The summed E-state index contributed by atoms with van der Waals surface area (Å²) in [6.07, 6.45) is -3.44. The number of sulfonamides is 1. The summed E-state index contributed by atoms with van der Waals surface area (Å²) in [5.74, 6) is -0.466. The summed E-state index contributed by atoms with van der Waals surface area (Å²) in [5.41, 5.74) is -1.09. The topological polar surface area (TPSA) is 98.7 Å². The second-order valence-electron chi connectivity index (χ2n) is 7.46. The van der Waals surface area contributed by atoms with Gasteiger partial charge >= 0.3 is 6.18 Å². The largest absolute Gasteiger partial charge is 0.416 e. The Hall–Kier alpha value is -1.85. The zero-order chi connectivity index (χ0) is 22.5. The lowest BCUT2D eigenvalue weighted by atomic mass is 10.1. The first-order valence-corrected chi connectivity index (χ1v) is 11.3. The molecule has 1 aromatic rings.